The minimum absolute atomic E-state index is 0.847. The highest BCUT2D eigenvalue weighted by Crippen LogP contribution is 2.17. The van der Waals surface area contributed by atoms with Gasteiger partial charge in [-0.1, -0.05) is 244 Å². The van der Waals surface area contributed by atoms with Gasteiger partial charge in [0.2, 0.25) is 0 Å². The topological polar surface area (TPSA) is 0 Å². The Morgan fingerprint density at radius 1 is 0.195 bits per heavy atom. The Balaban J connectivity index is 3.02. The summed E-state index contributed by atoms with van der Waals surface area (Å²) in [4.78, 5) is 0. The highest BCUT2D eigenvalue weighted by Gasteiger charge is 1.97. The zero-order valence-corrected chi connectivity index (χ0v) is 29.7. The van der Waals surface area contributed by atoms with Gasteiger partial charge in [-0.3, -0.25) is 0 Å². The van der Waals surface area contributed by atoms with Crippen molar-refractivity contribution in [3.05, 3.63) is 0 Å². The maximum absolute atomic E-state index is 5.73. The highest BCUT2D eigenvalue weighted by molar-refractivity contribution is 6.17. The van der Waals surface area contributed by atoms with E-state index in [1.54, 1.807) is 0 Å². The summed E-state index contributed by atoms with van der Waals surface area (Å²) in [5.41, 5.74) is 0. The number of unbranched alkanes of at least 4 members (excludes halogenated alkanes) is 37. The van der Waals surface area contributed by atoms with Gasteiger partial charge in [0, 0.05) is 5.88 Å². The van der Waals surface area contributed by atoms with Gasteiger partial charge in [-0.25, -0.2) is 0 Å². The highest BCUT2D eigenvalue weighted by atomic mass is 35.5. The van der Waals surface area contributed by atoms with E-state index in [4.69, 9.17) is 11.6 Å². The summed E-state index contributed by atoms with van der Waals surface area (Å²) in [5, 5.41) is 0. The van der Waals surface area contributed by atoms with Gasteiger partial charge in [0.15, 0.2) is 0 Å². The molecule has 0 N–H and O–H groups in total. The Hall–Kier alpha value is 0.290. The molecule has 0 aliphatic heterocycles. The smallest absolute Gasteiger partial charge is 0.0223 e. The van der Waals surface area contributed by atoms with E-state index in [9.17, 15) is 0 Å². The zero-order valence-electron chi connectivity index (χ0n) is 29.0. The Morgan fingerprint density at radius 3 is 0.439 bits per heavy atom. The summed E-state index contributed by atoms with van der Waals surface area (Å²) in [6.45, 7) is 2.31. The van der Waals surface area contributed by atoms with Crippen LogP contribution in [0.1, 0.15) is 251 Å². The summed E-state index contributed by atoms with van der Waals surface area (Å²) >= 11 is 5.73. The van der Waals surface area contributed by atoms with E-state index in [0.29, 0.717) is 0 Å². The molecule has 0 radical (unpaired) electrons. The van der Waals surface area contributed by atoms with E-state index in [1.165, 1.54) is 244 Å². The van der Waals surface area contributed by atoms with Crippen LogP contribution < -0.4 is 0 Å². The van der Waals surface area contributed by atoms with Gasteiger partial charge in [-0.15, -0.1) is 11.6 Å². The molecule has 248 valence electrons. The lowest BCUT2D eigenvalue weighted by atomic mass is 10.0. The molecule has 0 rings (SSSR count). The molecule has 0 bridgehead atoms. The number of rotatable bonds is 38. The quantitative estimate of drug-likeness (QED) is 0.0491. The van der Waals surface area contributed by atoms with Crippen molar-refractivity contribution in [2.24, 2.45) is 0 Å². The first-order valence-corrected chi connectivity index (χ1v) is 20.5. The molecule has 0 atom stereocenters. The zero-order chi connectivity index (χ0) is 29.6. The predicted molar refractivity (Wildman–Crippen MR) is 192 cm³/mol. The van der Waals surface area contributed by atoms with Crippen LogP contribution >= 0.6 is 11.6 Å². The van der Waals surface area contributed by atoms with Crippen LogP contribution in [0.2, 0.25) is 0 Å². The first kappa shape index (κ1) is 41.3. The molecule has 0 aliphatic rings. The molecule has 0 saturated carbocycles. The second kappa shape index (κ2) is 40.3. The molecular formula is C40H81Cl. The fourth-order valence-electron chi connectivity index (χ4n) is 6.53. The average Bonchev–Trinajstić information content (AvgIpc) is 2.98. The Kier molecular flexibility index (Phi) is 40.6. The lowest BCUT2D eigenvalue weighted by molar-refractivity contribution is 0.510. The Labute approximate surface area is 267 Å². The summed E-state index contributed by atoms with van der Waals surface area (Å²) in [7, 11) is 0. The van der Waals surface area contributed by atoms with Crippen LogP contribution in [0.15, 0.2) is 0 Å². The van der Waals surface area contributed by atoms with Crippen molar-refractivity contribution < 1.29 is 0 Å². The molecule has 0 spiro atoms. The van der Waals surface area contributed by atoms with Gasteiger partial charge in [0.25, 0.3) is 0 Å². The molecule has 0 amide bonds. The van der Waals surface area contributed by atoms with E-state index < -0.39 is 0 Å². The van der Waals surface area contributed by atoms with Crippen molar-refractivity contribution in [3.63, 3.8) is 0 Å². The molecule has 0 unspecified atom stereocenters. The third-order valence-electron chi connectivity index (χ3n) is 9.49. The third-order valence-corrected chi connectivity index (χ3v) is 9.75. The standard InChI is InChI=1S/C40H81Cl/c1-2-3-4-5-6-7-8-9-10-11-12-13-14-15-16-17-18-19-20-21-22-23-24-25-26-27-28-29-30-31-32-33-34-35-36-37-38-39-40-41/h2-40H2,1H3. The van der Waals surface area contributed by atoms with E-state index in [2.05, 4.69) is 6.92 Å². The van der Waals surface area contributed by atoms with Gasteiger partial charge in [0.05, 0.1) is 0 Å². The number of hydrogen-bond acceptors (Lipinski definition) is 0. The lowest BCUT2D eigenvalue weighted by Crippen LogP contribution is -1.85. The molecule has 1 heteroatoms. The molecule has 0 aromatic carbocycles. The van der Waals surface area contributed by atoms with Crippen LogP contribution in [-0.4, -0.2) is 5.88 Å². The van der Waals surface area contributed by atoms with E-state index >= 15 is 0 Å². The van der Waals surface area contributed by atoms with Crippen LogP contribution in [0.4, 0.5) is 0 Å². The van der Waals surface area contributed by atoms with Gasteiger partial charge in [-0.05, 0) is 6.42 Å². The van der Waals surface area contributed by atoms with Crippen molar-refractivity contribution in [2.75, 3.05) is 5.88 Å². The van der Waals surface area contributed by atoms with E-state index in [-0.39, 0.29) is 0 Å². The van der Waals surface area contributed by atoms with Gasteiger partial charge >= 0.3 is 0 Å². The van der Waals surface area contributed by atoms with Crippen LogP contribution in [0.5, 0.6) is 0 Å². The van der Waals surface area contributed by atoms with Crippen LogP contribution in [0.25, 0.3) is 0 Å². The van der Waals surface area contributed by atoms with Crippen LogP contribution in [-0.2, 0) is 0 Å². The number of hydrogen-bond donors (Lipinski definition) is 0. The SMILES string of the molecule is CCCCCCCCCCCCCCCCCCCCCCCCCCCCCCCCCCCCCCCCCl. The first-order valence-electron chi connectivity index (χ1n) is 20.0. The Morgan fingerprint density at radius 2 is 0.317 bits per heavy atom. The second-order valence-corrected chi connectivity index (χ2v) is 14.1. The van der Waals surface area contributed by atoms with Crippen molar-refractivity contribution in [2.45, 2.75) is 251 Å². The Bertz CT molecular complexity index is 381. The molecule has 0 aromatic heterocycles. The van der Waals surface area contributed by atoms with Crippen molar-refractivity contribution in [3.8, 4) is 0 Å². The predicted octanol–water partition coefficient (Wildman–Crippen LogP) is 16.1. The minimum Gasteiger partial charge on any atom is -0.127 e. The molecule has 0 heterocycles. The number of alkyl halides is 1. The third kappa shape index (κ3) is 40.3. The molecular weight excluding hydrogens is 516 g/mol. The maximum atomic E-state index is 5.73. The average molecular weight is 598 g/mol. The summed E-state index contributed by atoms with van der Waals surface area (Å²) in [6, 6.07) is 0. The van der Waals surface area contributed by atoms with Gasteiger partial charge in [-0.2, -0.15) is 0 Å². The monoisotopic (exact) mass is 597 g/mol. The van der Waals surface area contributed by atoms with Crippen LogP contribution in [0, 0.1) is 0 Å². The molecule has 0 nitrogen and oxygen atoms in total. The normalized spacial score (nSPS) is 11.6. The summed E-state index contributed by atoms with van der Waals surface area (Å²) < 4.78 is 0. The van der Waals surface area contributed by atoms with Gasteiger partial charge < -0.3 is 0 Å². The van der Waals surface area contributed by atoms with Crippen molar-refractivity contribution in [1.82, 2.24) is 0 Å². The molecule has 0 aliphatic carbocycles. The molecule has 41 heavy (non-hydrogen) atoms. The second-order valence-electron chi connectivity index (χ2n) is 13.8. The maximum Gasteiger partial charge on any atom is 0.0223 e. The minimum atomic E-state index is 0.847. The fourth-order valence-corrected chi connectivity index (χ4v) is 6.72. The summed E-state index contributed by atoms with van der Waals surface area (Å²) in [6.07, 6.45) is 55.7. The van der Waals surface area contributed by atoms with Crippen molar-refractivity contribution in [1.29, 1.82) is 0 Å². The first-order chi connectivity index (χ1) is 20.4. The van der Waals surface area contributed by atoms with Crippen LogP contribution in [0.3, 0.4) is 0 Å². The van der Waals surface area contributed by atoms with Crippen molar-refractivity contribution >= 4 is 11.6 Å². The lowest BCUT2D eigenvalue weighted by Gasteiger charge is -2.05. The largest absolute Gasteiger partial charge is 0.127 e. The fraction of sp³-hybridized carbons (Fsp3) is 1.00. The van der Waals surface area contributed by atoms with E-state index in [1.807, 2.05) is 0 Å². The molecule has 0 fully saturated rings. The van der Waals surface area contributed by atoms with E-state index in [0.717, 1.165) is 5.88 Å². The van der Waals surface area contributed by atoms with Gasteiger partial charge in [0.1, 0.15) is 0 Å². The number of halogens is 1. The molecule has 0 aromatic rings. The summed E-state index contributed by atoms with van der Waals surface area (Å²) in [5.74, 6) is 0.847. The molecule has 0 saturated heterocycles.